The number of carbonyl (C=O) groups excluding carboxylic acids is 3. The summed E-state index contributed by atoms with van der Waals surface area (Å²) in [5.41, 5.74) is 1.09. The van der Waals surface area contributed by atoms with Gasteiger partial charge in [0, 0.05) is 44.9 Å². The number of imide groups is 1. The van der Waals surface area contributed by atoms with Gasteiger partial charge in [0.25, 0.3) is 0 Å². The van der Waals surface area contributed by atoms with Crippen LogP contribution >= 0.6 is 0 Å². The average molecular weight is 450 g/mol. The number of nitrogens with one attached hydrogen (secondary N) is 1. The highest BCUT2D eigenvalue weighted by Crippen LogP contribution is 2.25. The van der Waals surface area contributed by atoms with Gasteiger partial charge in [-0.15, -0.1) is 0 Å². The van der Waals surface area contributed by atoms with Gasteiger partial charge in [0.05, 0.1) is 4.90 Å². The molecule has 0 saturated carbocycles. The Morgan fingerprint density at radius 2 is 1.65 bits per heavy atom. The molecule has 0 bridgehead atoms. The number of hydrogen-bond acceptors (Lipinski definition) is 5. The molecule has 2 aliphatic rings. The number of rotatable bonds is 8. The van der Waals surface area contributed by atoms with Crippen LogP contribution in [0.1, 0.15) is 57.4 Å². The van der Waals surface area contributed by atoms with E-state index < -0.39 is 10.0 Å². The van der Waals surface area contributed by atoms with Crippen molar-refractivity contribution in [3.05, 3.63) is 29.8 Å². The predicted molar refractivity (Wildman–Crippen MR) is 116 cm³/mol. The van der Waals surface area contributed by atoms with Crippen LogP contribution in [0.4, 0.5) is 0 Å². The van der Waals surface area contributed by atoms with Crippen molar-refractivity contribution in [1.82, 2.24) is 14.5 Å². The van der Waals surface area contributed by atoms with E-state index in [2.05, 4.69) is 19.2 Å². The van der Waals surface area contributed by atoms with Gasteiger partial charge in [-0.25, -0.2) is 8.42 Å². The molecule has 3 amide bonds. The highest BCUT2D eigenvalue weighted by Gasteiger charge is 2.32. The lowest BCUT2D eigenvalue weighted by Crippen LogP contribution is -2.43. The topological polar surface area (TPSA) is 104 Å². The minimum Gasteiger partial charge on any atom is -0.356 e. The van der Waals surface area contributed by atoms with Crippen LogP contribution in [0.25, 0.3) is 0 Å². The zero-order valence-electron chi connectivity index (χ0n) is 18.2. The van der Waals surface area contributed by atoms with Crippen molar-refractivity contribution in [2.45, 2.75) is 56.8 Å². The maximum atomic E-state index is 12.9. The van der Waals surface area contributed by atoms with Crippen molar-refractivity contribution in [3.8, 4) is 0 Å². The Bertz CT molecular complexity index is 903. The highest BCUT2D eigenvalue weighted by molar-refractivity contribution is 7.89. The van der Waals surface area contributed by atoms with Crippen molar-refractivity contribution < 1.29 is 22.8 Å². The molecule has 0 radical (unpaired) electrons. The van der Waals surface area contributed by atoms with Crippen LogP contribution in [-0.4, -0.2) is 61.5 Å². The molecule has 31 heavy (non-hydrogen) atoms. The van der Waals surface area contributed by atoms with Crippen LogP contribution in [0.5, 0.6) is 0 Å². The van der Waals surface area contributed by atoms with Gasteiger partial charge in [0.15, 0.2) is 0 Å². The quantitative estimate of drug-likeness (QED) is 0.482. The molecule has 0 aliphatic carbocycles. The Balaban J connectivity index is 1.44. The lowest BCUT2D eigenvalue weighted by molar-refractivity contribution is -0.138. The van der Waals surface area contributed by atoms with Gasteiger partial charge in [-0.2, -0.15) is 4.31 Å². The maximum Gasteiger partial charge on any atom is 0.243 e. The second-order valence-corrected chi connectivity index (χ2v) is 10.4. The normalized spacial score (nSPS) is 18.7. The summed E-state index contributed by atoms with van der Waals surface area (Å²) in [4.78, 5) is 37.1. The SMILES string of the molecule is CC(C)c1ccc(S(=O)(=O)N2CCC(C(=O)NCCCN3C(=O)CCC3=O)CC2)cc1. The number of nitrogens with zero attached hydrogens (tertiary/aromatic N) is 2. The van der Waals surface area contributed by atoms with E-state index in [0.29, 0.717) is 51.4 Å². The fourth-order valence-electron chi connectivity index (χ4n) is 4.00. The van der Waals surface area contributed by atoms with Crippen molar-refractivity contribution in [2.24, 2.45) is 5.92 Å². The van der Waals surface area contributed by atoms with Gasteiger partial charge in [-0.1, -0.05) is 26.0 Å². The molecular weight excluding hydrogens is 418 g/mol. The van der Waals surface area contributed by atoms with Crippen LogP contribution in [0.3, 0.4) is 0 Å². The lowest BCUT2D eigenvalue weighted by atomic mass is 9.97. The summed E-state index contributed by atoms with van der Waals surface area (Å²) in [6, 6.07) is 7.00. The fraction of sp³-hybridized carbons (Fsp3) is 0.591. The average Bonchev–Trinajstić information content (AvgIpc) is 3.08. The first-order chi connectivity index (χ1) is 14.7. The number of benzene rings is 1. The Kier molecular flexibility index (Phi) is 7.48. The van der Waals surface area contributed by atoms with Crippen LogP contribution in [-0.2, 0) is 24.4 Å². The van der Waals surface area contributed by atoms with E-state index in [9.17, 15) is 22.8 Å². The summed E-state index contributed by atoms with van der Waals surface area (Å²) < 4.78 is 27.3. The number of amides is 3. The molecule has 1 N–H and O–H groups in total. The first kappa shape index (κ1) is 23.4. The largest absolute Gasteiger partial charge is 0.356 e. The minimum absolute atomic E-state index is 0.0996. The number of sulfonamides is 1. The van der Waals surface area contributed by atoms with E-state index in [1.807, 2.05) is 12.1 Å². The maximum absolute atomic E-state index is 12.9. The Labute approximate surface area is 184 Å². The van der Waals surface area contributed by atoms with Gasteiger partial charge >= 0.3 is 0 Å². The minimum atomic E-state index is -3.56. The van der Waals surface area contributed by atoms with E-state index >= 15 is 0 Å². The second kappa shape index (κ2) is 9.91. The molecule has 8 nitrogen and oxygen atoms in total. The molecule has 1 aromatic carbocycles. The number of likely N-dealkylation sites (tertiary alicyclic amines) is 1. The summed E-state index contributed by atoms with van der Waals surface area (Å²) in [6.07, 6.45) is 2.00. The van der Waals surface area contributed by atoms with Crippen molar-refractivity contribution >= 4 is 27.7 Å². The van der Waals surface area contributed by atoms with E-state index in [-0.39, 0.29) is 41.4 Å². The Morgan fingerprint density at radius 1 is 1.06 bits per heavy atom. The van der Waals surface area contributed by atoms with Crippen LogP contribution < -0.4 is 5.32 Å². The second-order valence-electron chi connectivity index (χ2n) is 8.49. The predicted octanol–water partition coefficient (Wildman–Crippen LogP) is 1.87. The molecule has 2 fully saturated rings. The zero-order chi connectivity index (χ0) is 22.6. The summed E-state index contributed by atoms with van der Waals surface area (Å²) >= 11 is 0. The smallest absolute Gasteiger partial charge is 0.243 e. The molecule has 170 valence electrons. The number of hydrogen-bond donors (Lipinski definition) is 1. The first-order valence-corrected chi connectivity index (χ1v) is 12.3. The summed E-state index contributed by atoms with van der Waals surface area (Å²) in [7, 11) is -3.56. The van der Waals surface area contributed by atoms with Gasteiger partial charge in [-0.3, -0.25) is 19.3 Å². The number of piperidine rings is 1. The van der Waals surface area contributed by atoms with E-state index in [4.69, 9.17) is 0 Å². The van der Waals surface area contributed by atoms with E-state index in [0.717, 1.165) is 5.56 Å². The molecule has 2 aliphatic heterocycles. The molecule has 0 spiro atoms. The van der Waals surface area contributed by atoms with Gasteiger partial charge in [0.2, 0.25) is 27.7 Å². The van der Waals surface area contributed by atoms with Crippen molar-refractivity contribution in [3.63, 3.8) is 0 Å². The van der Waals surface area contributed by atoms with E-state index in [1.54, 1.807) is 12.1 Å². The zero-order valence-corrected chi connectivity index (χ0v) is 19.0. The summed E-state index contributed by atoms with van der Waals surface area (Å²) in [6.45, 7) is 5.45. The van der Waals surface area contributed by atoms with Gasteiger partial charge in [0.1, 0.15) is 0 Å². The highest BCUT2D eigenvalue weighted by atomic mass is 32.2. The molecule has 2 saturated heterocycles. The first-order valence-electron chi connectivity index (χ1n) is 10.9. The monoisotopic (exact) mass is 449 g/mol. The van der Waals surface area contributed by atoms with E-state index in [1.165, 1.54) is 9.21 Å². The third kappa shape index (κ3) is 5.51. The fourth-order valence-corrected chi connectivity index (χ4v) is 5.47. The molecule has 0 atom stereocenters. The lowest BCUT2D eigenvalue weighted by Gasteiger charge is -2.30. The Hall–Kier alpha value is -2.26. The van der Waals surface area contributed by atoms with Gasteiger partial charge < -0.3 is 5.32 Å². The standard InChI is InChI=1S/C22H31N3O5S/c1-16(2)17-4-6-19(7-5-17)31(29,30)24-14-10-18(11-15-24)22(28)23-12-3-13-25-20(26)8-9-21(25)27/h4-7,16,18H,3,8-15H2,1-2H3,(H,23,28). The molecule has 1 aromatic rings. The molecule has 0 unspecified atom stereocenters. The van der Waals surface area contributed by atoms with Crippen LogP contribution in [0.15, 0.2) is 29.2 Å². The molecule has 0 aromatic heterocycles. The van der Waals surface area contributed by atoms with Crippen molar-refractivity contribution in [1.29, 1.82) is 0 Å². The molecule has 3 rings (SSSR count). The summed E-state index contributed by atoms with van der Waals surface area (Å²) in [5.74, 6) is -0.294. The molecule has 9 heteroatoms. The van der Waals surface area contributed by atoms with Crippen molar-refractivity contribution in [2.75, 3.05) is 26.2 Å². The van der Waals surface area contributed by atoms with Gasteiger partial charge in [-0.05, 0) is 42.9 Å². The number of carbonyl (C=O) groups is 3. The molecule has 2 heterocycles. The molecular formula is C22H31N3O5S. The Morgan fingerprint density at radius 3 is 2.19 bits per heavy atom. The third-order valence-corrected chi connectivity index (χ3v) is 7.93. The third-order valence-electron chi connectivity index (χ3n) is 6.02. The van der Waals surface area contributed by atoms with Crippen LogP contribution in [0.2, 0.25) is 0 Å². The van der Waals surface area contributed by atoms with Crippen LogP contribution in [0, 0.1) is 5.92 Å². The summed E-state index contributed by atoms with van der Waals surface area (Å²) in [5, 5.41) is 2.85.